The summed E-state index contributed by atoms with van der Waals surface area (Å²) in [6.45, 7) is -1.46. The minimum Gasteiger partial charge on any atom is -0.484 e. The molecule has 29 heavy (non-hydrogen) atoms. The monoisotopic (exact) mass is 418 g/mol. The van der Waals surface area contributed by atoms with E-state index in [2.05, 4.69) is 9.47 Å². The summed E-state index contributed by atoms with van der Waals surface area (Å²) < 4.78 is 83.5. The lowest BCUT2D eigenvalue weighted by Gasteiger charge is -2.14. The highest BCUT2D eigenvalue weighted by molar-refractivity contribution is 6.09. The topological polar surface area (TPSA) is 35.5 Å². The van der Waals surface area contributed by atoms with Crippen LogP contribution in [0.4, 0.5) is 26.3 Å². The van der Waals surface area contributed by atoms with E-state index in [9.17, 15) is 31.1 Å². The standard InChI is InChI=1S/C20H16F6O3/c1-13-4-2-3-5-14(13)6-8-17(27)16-10-15(28-11-19(21,22)23)7-9-18(16)29-12-20(24,25)26/h2-10H,11-12H2,1H3/b8-6+. The molecule has 0 aliphatic rings. The average Bonchev–Trinajstić information content (AvgIpc) is 2.63. The molecule has 0 bridgehead atoms. The molecule has 0 amide bonds. The molecule has 0 N–H and O–H groups in total. The van der Waals surface area contributed by atoms with E-state index in [0.717, 1.165) is 29.8 Å². The van der Waals surface area contributed by atoms with E-state index >= 15 is 0 Å². The Hall–Kier alpha value is -2.97. The van der Waals surface area contributed by atoms with Gasteiger partial charge in [0.15, 0.2) is 19.0 Å². The number of hydrogen-bond acceptors (Lipinski definition) is 3. The molecule has 0 aromatic heterocycles. The molecule has 0 atom stereocenters. The molecule has 0 spiro atoms. The van der Waals surface area contributed by atoms with Crippen molar-refractivity contribution in [3.8, 4) is 11.5 Å². The first kappa shape index (κ1) is 22.3. The smallest absolute Gasteiger partial charge is 0.422 e. The normalized spacial score (nSPS) is 12.2. The fourth-order valence-corrected chi connectivity index (χ4v) is 2.27. The largest absolute Gasteiger partial charge is 0.484 e. The molecule has 0 aliphatic carbocycles. The van der Waals surface area contributed by atoms with Crippen LogP contribution in [0.5, 0.6) is 11.5 Å². The molecule has 156 valence electrons. The summed E-state index contributed by atoms with van der Waals surface area (Å²) in [5.74, 6) is -1.49. The van der Waals surface area contributed by atoms with Crippen LogP contribution >= 0.6 is 0 Å². The molecular formula is C20H16F6O3. The minimum absolute atomic E-state index is 0.325. The first-order valence-electron chi connectivity index (χ1n) is 8.26. The molecule has 0 unspecified atom stereocenters. The second-order valence-electron chi connectivity index (χ2n) is 6.02. The highest BCUT2D eigenvalue weighted by Crippen LogP contribution is 2.28. The SMILES string of the molecule is Cc1ccccc1/C=C/C(=O)c1cc(OCC(F)(F)F)ccc1OCC(F)(F)F. The molecule has 0 heterocycles. The first-order valence-corrected chi connectivity index (χ1v) is 8.26. The van der Waals surface area contributed by atoms with Gasteiger partial charge in [-0.3, -0.25) is 4.79 Å². The number of ether oxygens (including phenoxy) is 2. The van der Waals surface area contributed by atoms with Gasteiger partial charge in [-0.15, -0.1) is 0 Å². The number of rotatable bonds is 7. The molecule has 2 aromatic carbocycles. The third kappa shape index (κ3) is 7.52. The maximum atomic E-state index is 12.5. The molecule has 0 radical (unpaired) electrons. The van der Waals surface area contributed by atoms with E-state index in [1.165, 1.54) is 6.08 Å². The molecule has 0 saturated carbocycles. The summed E-state index contributed by atoms with van der Waals surface area (Å²) in [6.07, 6.45) is -6.71. The molecular weight excluding hydrogens is 402 g/mol. The van der Waals surface area contributed by atoms with E-state index in [1.807, 2.05) is 0 Å². The van der Waals surface area contributed by atoms with Crippen molar-refractivity contribution in [3.63, 3.8) is 0 Å². The lowest BCUT2D eigenvalue weighted by molar-refractivity contribution is -0.154. The van der Waals surface area contributed by atoms with Crippen LogP contribution < -0.4 is 9.47 Å². The Kier molecular flexibility index (Phi) is 6.94. The maximum Gasteiger partial charge on any atom is 0.422 e. The van der Waals surface area contributed by atoms with Crippen LogP contribution in [0.3, 0.4) is 0 Å². The van der Waals surface area contributed by atoms with E-state index in [4.69, 9.17) is 0 Å². The molecule has 2 rings (SSSR count). The number of carbonyl (C=O) groups excluding carboxylic acids is 1. The fourth-order valence-electron chi connectivity index (χ4n) is 2.27. The zero-order valence-corrected chi connectivity index (χ0v) is 15.1. The van der Waals surface area contributed by atoms with E-state index in [0.29, 0.717) is 5.56 Å². The van der Waals surface area contributed by atoms with Crippen LogP contribution in [0.25, 0.3) is 6.08 Å². The average molecular weight is 418 g/mol. The number of ketones is 1. The van der Waals surface area contributed by atoms with Crippen LogP contribution in [0.15, 0.2) is 48.5 Å². The van der Waals surface area contributed by atoms with Gasteiger partial charge in [-0.25, -0.2) is 0 Å². The number of hydrogen-bond donors (Lipinski definition) is 0. The van der Waals surface area contributed by atoms with Gasteiger partial charge in [-0.1, -0.05) is 30.3 Å². The first-order chi connectivity index (χ1) is 13.4. The van der Waals surface area contributed by atoms with Gasteiger partial charge in [0.25, 0.3) is 0 Å². The molecule has 9 heteroatoms. The zero-order chi connectivity index (χ0) is 21.7. The Morgan fingerprint density at radius 3 is 2.17 bits per heavy atom. The Labute approximate surface area is 162 Å². The minimum atomic E-state index is -4.65. The van der Waals surface area contributed by atoms with Gasteiger partial charge in [0, 0.05) is 0 Å². The molecule has 0 aliphatic heterocycles. The lowest BCUT2D eigenvalue weighted by Crippen LogP contribution is -2.21. The van der Waals surface area contributed by atoms with Crippen molar-refractivity contribution in [1.29, 1.82) is 0 Å². The maximum absolute atomic E-state index is 12.5. The summed E-state index contributed by atoms with van der Waals surface area (Å²) in [5.41, 5.74) is 1.20. The molecule has 0 fully saturated rings. The van der Waals surface area contributed by atoms with Crippen LogP contribution in [0, 0.1) is 6.92 Å². The number of halogens is 6. The van der Waals surface area contributed by atoms with E-state index in [1.54, 1.807) is 31.2 Å². The third-order valence-corrected chi connectivity index (χ3v) is 3.61. The van der Waals surface area contributed by atoms with Crippen molar-refractivity contribution >= 4 is 11.9 Å². The van der Waals surface area contributed by atoms with Crippen molar-refractivity contribution in [2.45, 2.75) is 19.3 Å². The van der Waals surface area contributed by atoms with Gasteiger partial charge >= 0.3 is 12.4 Å². The number of allylic oxidation sites excluding steroid dienone is 1. The lowest BCUT2D eigenvalue weighted by atomic mass is 10.1. The second-order valence-corrected chi connectivity index (χ2v) is 6.02. The van der Waals surface area contributed by atoms with E-state index in [-0.39, 0.29) is 11.3 Å². The number of carbonyl (C=O) groups is 1. The van der Waals surface area contributed by atoms with Crippen molar-refractivity contribution in [3.05, 3.63) is 65.2 Å². The van der Waals surface area contributed by atoms with Crippen molar-refractivity contribution in [1.82, 2.24) is 0 Å². The van der Waals surface area contributed by atoms with Crippen molar-refractivity contribution in [2.24, 2.45) is 0 Å². The highest BCUT2D eigenvalue weighted by Gasteiger charge is 2.30. The van der Waals surface area contributed by atoms with Crippen LogP contribution in [0.2, 0.25) is 0 Å². The number of aryl methyl sites for hydroxylation is 1. The van der Waals surface area contributed by atoms with Gasteiger partial charge in [0.05, 0.1) is 5.56 Å². The second kappa shape index (κ2) is 9.02. The Morgan fingerprint density at radius 1 is 0.931 bits per heavy atom. The van der Waals surface area contributed by atoms with E-state index < -0.39 is 37.1 Å². The quantitative estimate of drug-likeness (QED) is 0.325. The predicted octanol–water partition coefficient (Wildman–Crippen LogP) is 5.77. The Balaban J connectivity index is 2.30. The number of benzene rings is 2. The van der Waals surface area contributed by atoms with Gasteiger partial charge in [-0.2, -0.15) is 26.3 Å². The third-order valence-electron chi connectivity index (χ3n) is 3.61. The van der Waals surface area contributed by atoms with Gasteiger partial charge < -0.3 is 9.47 Å². The summed E-state index contributed by atoms with van der Waals surface area (Å²) in [6, 6.07) is 9.93. The highest BCUT2D eigenvalue weighted by atomic mass is 19.4. The summed E-state index contributed by atoms with van der Waals surface area (Å²) in [4.78, 5) is 12.5. The molecule has 2 aromatic rings. The zero-order valence-electron chi connectivity index (χ0n) is 15.1. The predicted molar refractivity (Wildman–Crippen MR) is 94.1 cm³/mol. The number of alkyl halides is 6. The van der Waals surface area contributed by atoms with Crippen LogP contribution in [0.1, 0.15) is 21.5 Å². The fraction of sp³-hybridized carbons (Fsp3) is 0.250. The van der Waals surface area contributed by atoms with Crippen molar-refractivity contribution in [2.75, 3.05) is 13.2 Å². The Morgan fingerprint density at radius 2 is 1.55 bits per heavy atom. The molecule has 0 saturated heterocycles. The summed E-state index contributed by atoms with van der Waals surface area (Å²) >= 11 is 0. The van der Waals surface area contributed by atoms with Gasteiger partial charge in [0.1, 0.15) is 11.5 Å². The summed E-state index contributed by atoms with van der Waals surface area (Å²) in [7, 11) is 0. The summed E-state index contributed by atoms with van der Waals surface area (Å²) in [5, 5.41) is 0. The van der Waals surface area contributed by atoms with Crippen LogP contribution in [-0.2, 0) is 0 Å². The van der Waals surface area contributed by atoms with Crippen LogP contribution in [-0.4, -0.2) is 31.3 Å². The van der Waals surface area contributed by atoms with Crippen molar-refractivity contribution < 1.29 is 40.6 Å². The molecule has 3 nitrogen and oxygen atoms in total. The van der Waals surface area contributed by atoms with Gasteiger partial charge in [0.2, 0.25) is 0 Å². The van der Waals surface area contributed by atoms with Gasteiger partial charge in [-0.05, 0) is 42.3 Å². The Bertz CT molecular complexity index is 885.